The molecule has 10 nitrogen and oxygen atoms in total. The van der Waals surface area contributed by atoms with Gasteiger partial charge in [0.25, 0.3) is 0 Å². The normalized spacial score (nSPS) is 10.1. The summed E-state index contributed by atoms with van der Waals surface area (Å²) < 4.78 is 5.51. The maximum Gasteiger partial charge on any atom is 0.231 e. The molecule has 0 saturated carbocycles. The van der Waals surface area contributed by atoms with E-state index in [9.17, 15) is 4.79 Å². The number of thiazole rings is 1. The minimum atomic E-state index is -0.298. The Kier molecular flexibility index (Phi) is 9.31. The molecule has 2 rings (SSSR count). The Hall–Kier alpha value is -3.98. The highest BCUT2D eigenvalue weighted by Gasteiger charge is 2.17. The summed E-state index contributed by atoms with van der Waals surface area (Å²) in [5.74, 6) is 0.194. The molecular formula is C21H19ClN8O2S. The lowest BCUT2D eigenvalue weighted by Crippen LogP contribution is -2.24. The fraction of sp³-hybridized carbons (Fsp3) is 0.286. The summed E-state index contributed by atoms with van der Waals surface area (Å²) in [6.45, 7) is 4.44. The molecule has 1 N–H and O–H groups in total. The van der Waals surface area contributed by atoms with Gasteiger partial charge in [-0.1, -0.05) is 22.9 Å². The molecule has 33 heavy (non-hydrogen) atoms. The van der Waals surface area contributed by atoms with Crippen molar-refractivity contribution in [2.75, 3.05) is 30.4 Å². The van der Waals surface area contributed by atoms with Crippen LogP contribution in [0.3, 0.4) is 0 Å². The lowest BCUT2D eigenvalue weighted by atomic mass is 10.2. The number of nitrogens with zero attached hydrogens (tertiary/aromatic N) is 7. The summed E-state index contributed by atoms with van der Waals surface area (Å²) in [4.78, 5) is 18.2. The fourth-order valence-electron chi connectivity index (χ4n) is 2.73. The van der Waals surface area contributed by atoms with E-state index in [1.807, 2.05) is 11.8 Å². The Bertz CT molecular complexity index is 1200. The third-order valence-electron chi connectivity index (χ3n) is 4.18. The molecule has 0 saturated heterocycles. The number of allylic oxidation sites excluding steroid dienone is 1. The molecule has 12 heteroatoms. The first-order chi connectivity index (χ1) is 15.9. The van der Waals surface area contributed by atoms with Crippen molar-refractivity contribution in [3.8, 4) is 24.0 Å². The highest BCUT2D eigenvalue weighted by atomic mass is 35.5. The van der Waals surface area contributed by atoms with Gasteiger partial charge in [-0.3, -0.25) is 4.79 Å². The van der Waals surface area contributed by atoms with Crippen molar-refractivity contribution in [3.63, 3.8) is 0 Å². The molecule has 1 heterocycles. The molecule has 0 aliphatic heterocycles. The van der Waals surface area contributed by atoms with Gasteiger partial charge in [0.05, 0.1) is 35.9 Å². The highest BCUT2D eigenvalue weighted by Crippen LogP contribution is 2.40. The van der Waals surface area contributed by atoms with Gasteiger partial charge in [-0.05, 0) is 19.1 Å². The zero-order valence-electron chi connectivity index (χ0n) is 18.1. The lowest BCUT2D eigenvalue weighted by Gasteiger charge is -2.25. The second-order valence-corrected chi connectivity index (χ2v) is 7.71. The Morgan fingerprint density at radius 1 is 1.33 bits per heavy atom. The van der Waals surface area contributed by atoms with E-state index in [4.69, 9.17) is 32.1 Å². The predicted molar refractivity (Wildman–Crippen MR) is 126 cm³/mol. The first-order valence-corrected chi connectivity index (χ1v) is 10.8. The summed E-state index contributed by atoms with van der Waals surface area (Å²) in [6, 6.07) is 8.97. The third kappa shape index (κ3) is 6.75. The number of hydrogen-bond donors (Lipinski definition) is 1. The average Bonchev–Trinajstić information content (AvgIpc) is 3.15. The van der Waals surface area contributed by atoms with Crippen LogP contribution in [0.4, 0.5) is 22.2 Å². The van der Waals surface area contributed by atoms with Crippen LogP contribution in [0.1, 0.15) is 25.1 Å². The molecule has 168 valence electrons. The van der Waals surface area contributed by atoms with Gasteiger partial charge in [-0.25, -0.2) is 4.98 Å². The van der Waals surface area contributed by atoms with Gasteiger partial charge in [0.15, 0.2) is 0 Å². The zero-order chi connectivity index (χ0) is 24.4. The number of anilines is 2. The topological polar surface area (TPSA) is 151 Å². The Morgan fingerprint density at radius 2 is 2.06 bits per heavy atom. The predicted octanol–water partition coefficient (Wildman–Crippen LogP) is 5.35. The van der Waals surface area contributed by atoms with Gasteiger partial charge in [-0.15, -0.1) is 10.2 Å². The molecule has 1 aromatic carbocycles. The SMILES string of the molecule is CCN(CCC#N)c1cc(NC(C)=O)c(N=Nc2nc(Cl)c(C=C(C#N)C#N)s2)cc1OC. The second kappa shape index (κ2) is 12.2. The number of hydrogen-bond acceptors (Lipinski definition) is 10. The molecule has 1 aromatic heterocycles. The van der Waals surface area contributed by atoms with Crippen LogP contribution in [0.15, 0.2) is 27.9 Å². The fourth-order valence-corrected chi connectivity index (χ4v) is 3.75. The molecule has 0 aliphatic carbocycles. The number of nitriles is 3. The molecule has 0 unspecified atom stereocenters. The lowest BCUT2D eigenvalue weighted by molar-refractivity contribution is -0.114. The monoisotopic (exact) mass is 482 g/mol. The van der Waals surface area contributed by atoms with Crippen molar-refractivity contribution in [2.24, 2.45) is 10.2 Å². The molecule has 0 spiro atoms. The average molecular weight is 483 g/mol. The standard InChI is InChI=1S/C21H19ClN8O2S/c1-4-30(7-5-6-23)17-9-15(26-13(2)31)16(10-18(17)32-3)28-29-21-27-20(22)19(33-21)8-14(11-24)12-25/h8-10H,4-5,7H2,1-3H3,(H,26,31). The van der Waals surface area contributed by atoms with Crippen molar-refractivity contribution < 1.29 is 9.53 Å². The number of ether oxygens (including phenoxy) is 1. The molecule has 0 fully saturated rings. The third-order valence-corrected chi connectivity index (χ3v) is 5.47. The summed E-state index contributed by atoms with van der Waals surface area (Å²) >= 11 is 7.12. The molecule has 0 atom stereocenters. The zero-order valence-corrected chi connectivity index (χ0v) is 19.7. The van der Waals surface area contributed by atoms with Crippen LogP contribution >= 0.6 is 22.9 Å². The van der Waals surface area contributed by atoms with Crippen LogP contribution in [-0.2, 0) is 4.79 Å². The molecular weight excluding hydrogens is 464 g/mol. The van der Waals surface area contributed by atoms with Crippen LogP contribution < -0.4 is 15.0 Å². The highest BCUT2D eigenvalue weighted by molar-refractivity contribution is 7.16. The van der Waals surface area contributed by atoms with Crippen molar-refractivity contribution in [1.82, 2.24) is 4.98 Å². The molecule has 0 radical (unpaired) electrons. The Labute approximate surface area is 200 Å². The largest absolute Gasteiger partial charge is 0.494 e. The molecule has 1 amide bonds. The Morgan fingerprint density at radius 3 is 2.64 bits per heavy atom. The van der Waals surface area contributed by atoms with Gasteiger partial charge in [0.1, 0.15) is 34.3 Å². The number of benzene rings is 1. The minimum absolute atomic E-state index is 0.0862. The number of aromatic nitrogens is 1. The van der Waals surface area contributed by atoms with Crippen molar-refractivity contribution in [3.05, 3.63) is 27.7 Å². The number of amides is 1. The second-order valence-electron chi connectivity index (χ2n) is 6.34. The Balaban J connectivity index is 2.49. The summed E-state index contributed by atoms with van der Waals surface area (Å²) in [5.41, 5.74) is 1.30. The number of methoxy groups -OCH3 is 1. The van der Waals surface area contributed by atoms with Crippen molar-refractivity contribution in [1.29, 1.82) is 15.8 Å². The van der Waals surface area contributed by atoms with Crippen LogP contribution in [0, 0.1) is 34.0 Å². The van der Waals surface area contributed by atoms with Gasteiger partial charge < -0.3 is 15.0 Å². The summed E-state index contributed by atoms with van der Waals surface area (Å²) in [5, 5.41) is 38.1. The van der Waals surface area contributed by atoms with Crippen molar-refractivity contribution >= 4 is 57.1 Å². The summed E-state index contributed by atoms with van der Waals surface area (Å²) in [7, 11) is 1.51. The maximum absolute atomic E-state index is 11.8. The maximum atomic E-state index is 11.8. The van der Waals surface area contributed by atoms with Crippen LogP contribution in [0.2, 0.25) is 5.15 Å². The van der Waals surface area contributed by atoms with Crippen LogP contribution in [0.25, 0.3) is 6.08 Å². The van der Waals surface area contributed by atoms with E-state index in [1.54, 1.807) is 24.3 Å². The quantitative estimate of drug-likeness (QED) is 0.373. The number of halogens is 1. The molecule has 2 aromatic rings. The number of azo groups is 1. The van der Waals surface area contributed by atoms with Gasteiger partial charge in [0, 0.05) is 26.1 Å². The molecule has 0 bridgehead atoms. The smallest absolute Gasteiger partial charge is 0.231 e. The van der Waals surface area contributed by atoms with E-state index in [-0.39, 0.29) is 21.8 Å². The first kappa shape index (κ1) is 25.3. The van der Waals surface area contributed by atoms with E-state index in [2.05, 4.69) is 26.6 Å². The van der Waals surface area contributed by atoms with Crippen molar-refractivity contribution in [2.45, 2.75) is 20.3 Å². The van der Waals surface area contributed by atoms with E-state index >= 15 is 0 Å². The van der Waals surface area contributed by atoms with Gasteiger partial charge in [0.2, 0.25) is 11.0 Å². The number of carbonyl (C=O) groups is 1. The van der Waals surface area contributed by atoms with E-state index in [0.29, 0.717) is 47.2 Å². The molecule has 0 aliphatic rings. The van der Waals surface area contributed by atoms with Crippen LogP contribution in [-0.4, -0.2) is 31.1 Å². The minimum Gasteiger partial charge on any atom is -0.494 e. The van der Waals surface area contributed by atoms with E-state index in [1.165, 1.54) is 20.1 Å². The number of rotatable bonds is 9. The van der Waals surface area contributed by atoms with E-state index < -0.39 is 0 Å². The van der Waals surface area contributed by atoms with Gasteiger partial charge in [-0.2, -0.15) is 15.8 Å². The number of carbonyl (C=O) groups excluding carboxylic acids is 1. The van der Waals surface area contributed by atoms with E-state index in [0.717, 1.165) is 11.3 Å². The number of nitrogens with one attached hydrogen (secondary N) is 1. The van der Waals surface area contributed by atoms with Crippen LogP contribution in [0.5, 0.6) is 5.75 Å². The summed E-state index contributed by atoms with van der Waals surface area (Å²) in [6.07, 6.45) is 1.65. The van der Waals surface area contributed by atoms with Gasteiger partial charge >= 0.3 is 0 Å². The first-order valence-electron chi connectivity index (χ1n) is 9.58.